The molecular weight excluding hydrogens is 340 g/mol. The number of esters is 1. The smallest absolute Gasteiger partial charge is 0.339 e. The van der Waals surface area contributed by atoms with Crippen LogP contribution in [-0.2, 0) is 16.0 Å². The van der Waals surface area contributed by atoms with Gasteiger partial charge in [-0.1, -0.05) is 29.5 Å². The molecule has 0 saturated carbocycles. The number of anilines is 1. The summed E-state index contributed by atoms with van der Waals surface area (Å²) in [4.78, 5) is 28.9. The van der Waals surface area contributed by atoms with E-state index in [1.165, 1.54) is 11.3 Å². The van der Waals surface area contributed by atoms with Gasteiger partial charge in [-0.15, -0.1) is 0 Å². The molecule has 3 aromatic rings. The molecule has 0 fully saturated rings. The number of fused-ring (bicyclic) bond motifs is 2. The molecule has 1 atom stereocenters. The quantitative estimate of drug-likeness (QED) is 0.732. The number of benzene rings is 2. The fourth-order valence-corrected chi connectivity index (χ4v) is 3.65. The number of cyclic esters (lactones) is 1. The molecule has 7 heteroatoms. The number of nitrogens with zero attached hydrogens (tertiary/aromatic N) is 1. The second-order valence-corrected chi connectivity index (χ2v) is 6.63. The number of thiazole rings is 1. The van der Waals surface area contributed by atoms with Gasteiger partial charge in [0.15, 0.2) is 11.2 Å². The predicted molar refractivity (Wildman–Crippen MR) is 94.2 cm³/mol. The Morgan fingerprint density at radius 1 is 1.32 bits per heavy atom. The van der Waals surface area contributed by atoms with Gasteiger partial charge < -0.3 is 9.47 Å². The minimum atomic E-state index is -0.857. The second kappa shape index (κ2) is 6.18. The Morgan fingerprint density at radius 2 is 2.16 bits per heavy atom. The zero-order chi connectivity index (χ0) is 17.4. The highest BCUT2D eigenvalue weighted by molar-refractivity contribution is 7.22. The molecule has 1 aromatic heterocycles. The maximum atomic E-state index is 12.5. The molecule has 1 amide bonds. The van der Waals surface area contributed by atoms with Gasteiger partial charge in [0, 0.05) is 6.42 Å². The SMILES string of the molecule is COc1ccc2nc(NC(=O)C3Cc4ccccc4C(=O)O3)sc2c1. The fraction of sp³-hybridized carbons (Fsp3) is 0.167. The van der Waals surface area contributed by atoms with Crippen LogP contribution in [0.15, 0.2) is 42.5 Å². The lowest BCUT2D eigenvalue weighted by Crippen LogP contribution is -2.37. The van der Waals surface area contributed by atoms with Gasteiger partial charge >= 0.3 is 5.97 Å². The molecule has 0 saturated heterocycles. The van der Waals surface area contributed by atoms with Crippen LogP contribution in [0.3, 0.4) is 0 Å². The largest absolute Gasteiger partial charge is 0.497 e. The summed E-state index contributed by atoms with van der Waals surface area (Å²) in [5.41, 5.74) is 2.10. The average Bonchev–Trinajstić information content (AvgIpc) is 3.02. The third-order valence-corrected chi connectivity index (χ3v) is 4.94. The van der Waals surface area contributed by atoms with Gasteiger partial charge in [0.2, 0.25) is 0 Å². The van der Waals surface area contributed by atoms with Crippen LogP contribution in [0, 0.1) is 0 Å². The van der Waals surface area contributed by atoms with Crippen LogP contribution >= 0.6 is 11.3 Å². The number of ether oxygens (including phenoxy) is 2. The van der Waals surface area contributed by atoms with Crippen molar-refractivity contribution in [1.29, 1.82) is 0 Å². The molecule has 0 bridgehead atoms. The van der Waals surface area contributed by atoms with E-state index in [9.17, 15) is 9.59 Å². The van der Waals surface area contributed by atoms with Gasteiger partial charge in [0.1, 0.15) is 5.75 Å². The van der Waals surface area contributed by atoms with E-state index in [0.717, 1.165) is 21.5 Å². The van der Waals surface area contributed by atoms with Crippen molar-refractivity contribution < 1.29 is 19.1 Å². The molecule has 0 spiro atoms. The van der Waals surface area contributed by atoms with E-state index < -0.39 is 12.1 Å². The Balaban J connectivity index is 1.53. The number of aromatic nitrogens is 1. The summed E-state index contributed by atoms with van der Waals surface area (Å²) in [5.74, 6) is -0.128. The Bertz CT molecular complexity index is 982. The van der Waals surface area contributed by atoms with Crippen LogP contribution in [-0.4, -0.2) is 30.1 Å². The first-order valence-corrected chi connectivity index (χ1v) is 8.50. The van der Waals surface area contributed by atoms with Crippen molar-refractivity contribution in [3.8, 4) is 5.75 Å². The van der Waals surface area contributed by atoms with Crippen molar-refractivity contribution in [1.82, 2.24) is 4.98 Å². The monoisotopic (exact) mass is 354 g/mol. The normalized spacial score (nSPS) is 16.2. The molecule has 1 aliphatic rings. The number of methoxy groups -OCH3 is 1. The van der Waals surface area contributed by atoms with Gasteiger partial charge in [0.25, 0.3) is 5.91 Å². The molecular formula is C18H14N2O4S. The summed E-state index contributed by atoms with van der Waals surface area (Å²) in [6.45, 7) is 0. The van der Waals surface area contributed by atoms with Crippen molar-refractivity contribution in [2.45, 2.75) is 12.5 Å². The van der Waals surface area contributed by atoms with Crippen LogP contribution in [0.2, 0.25) is 0 Å². The molecule has 126 valence electrons. The standard InChI is InChI=1S/C18H14N2O4S/c1-23-11-6-7-13-15(9-11)25-18(19-13)20-16(21)14-8-10-4-2-3-5-12(10)17(22)24-14/h2-7,9,14H,8H2,1H3,(H,19,20,21). The first-order chi connectivity index (χ1) is 12.1. The summed E-state index contributed by atoms with van der Waals surface area (Å²) in [5, 5.41) is 3.20. The van der Waals surface area contributed by atoms with E-state index in [1.807, 2.05) is 30.3 Å². The summed E-state index contributed by atoms with van der Waals surface area (Å²) in [6, 6.07) is 12.7. The second-order valence-electron chi connectivity index (χ2n) is 5.60. The Kier molecular flexibility index (Phi) is 3.85. The lowest BCUT2D eigenvalue weighted by molar-refractivity contribution is -0.125. The average molecular weight is 354 g/mol. The van der Waals surface area contributed by atoms with Gasteiger partial charge in [-0.05, 0) is 29.8 Å². The number of hydrogen-bond donors (Lipinski definition) is 1. The highest BCUT2D eigenvalue weighted by Crippen LogP contribution is 2.29. The first kappa shape index (κ1) is 15.6. The summed E-state index contributed by atoms with van der Waals surface area (Å²) < 4.78 is 11.4. The topological polar surface area (TPSA) is 77.5 Å². The molecule has 6 nitrogen and oxygen atoms in total. The molecule has 2 heterocycles. The van der Waals surface area contributed by atoms with E-state index in [2.05, 4.69) is 10.3 Å². The lowest BCUT2D eigenvalue weighted by atomic mass is 9.98. The first-order valence-electron chi connectivity index (χ1n) is 7.68. The minimum Gasteiger partial charge on any atom is -0.497 e. The lowest BCUT2D eigenvalue weighted by Gasteiger charge is -2.23. The van der Waals surface area contributed by atoms with E-state index in [0.29, 0.717) is 17.1 Å². The van der Waals surface area contributed by atoms with Crippen LogP contribution < -0.4 is 10.1 Å². The maximum Gasteiger partial charge on any atom is 0.339 e. The van der Waals surface area contributed by atoms with Crippen LogP contribution in [0.1, 0.15) is 15.9 Å². The summed E-state index contributed by atoms with van der Waals surface area (Å²) in [6.07, 6.45) is -0.504. The number of nitrogens with one attached hydrogen (secondary N) is 1. The Morgan fingerprint density at radius 3 is 3.00 bits per heavy atom. The molecule has 4 rings (SSSR count). The van der Waals surface area contributed by atoms with Crippen molar-refractivity contribution in [2.75, 3.05) is 12.4 Å². The van der Waals surface area contributed by atoms with Crippen LogP contribution in [0.4, 0.5) is 5.13 Å². The number of amides is 1. The molecule has 1 unspecified atom stereocenters. The number of hydrogen-bond acceptors (Lipinski definition) is 6. The van der Waals surface area contributed by atoms with Gasteiger partial charge in [0.05, 0.1) is 22.9 Å². The predicted octanol–water partition coefficient (Wildman–Crippen LogP) is 3.03. The molecule has 0 radical (unpaired) electrons. The molecule has 1 aliphatic heterocycles. The number of rotatable bonds is 3. The highest BCUT2D eigenvalue weighted by Gasteiger charge is 2.31. The van der Waals surface area contributed by atoms with Crippen molar-refractivity contribution >= 4 is 38.6 Å². The van der Waals surface area contributed by atoms with E-state index in [4.69, 9.17) is 9.47 Å². The fourth-order valence-electron chi connectivity index (χ4n) is 2.75. The molecule has 0 aliphatic carbocycles. The van der Waals surface area contributed by atoms with Crippen LogP contribution in [0.25, 0.3) is 10.2 Å². The van der Waals surface area contributed by atoms with Crippen molar-refractivity contribution in [3.05, 3.63) is 53.6 Å². The van der Waals surface area contributed by atoms with E-state index in [-0.39, 0.29) is 5.91 Å². The van der Waals surface area contributed by atoms with Gasteiger partial charge in [-0.2, -0.15) is 0 Å². The third kappa shape index (κ3) is 2.94. The molecule has 2 aromatic carbocycles. The maximum absolute atomic E-state index is 12.5. The van der Waals surface area contributed by atoms with E-state index >= 15 is 0 Å². The Labute approximate surface area is 147 Å². The third-order valence-electron chi connectivity index (χ3n) is 4.01. The zero-order valence-corrected chi connectivity index (χ0v) is 14.1. The van der Waals surface area contributed by atoms with E-state index in [1.54, 1.807) is 19.2 Å². The molecule has 1 N–H and O–H groups in total. The van der Waals surface area contributed by atoms with Crippen molar-refractivity contribution in [2.24, 2.45) is 0 Å². The summed E-state index contributed by atoms with van der Waals surface area (Å²) >= 11 is 1.34. The van der Waals surface area contributed by atoms with Crippen LogP contribution in [0.5, 0.6) is 5.75 Å². The zero-order valence-electron chi connectivity index (χ0n) is 13.3. The summed E-state index contributed by atoms with van der Waals surface area (Å²) in [7, 11) is 1.60. The minimum absolute atomic E-state index is 0.354. The van der Waals surface area contributed by atoms with Crippen molar-refractivity contribution in [3.63, 3.8) is 0 Å². The number of carbonyl (C=O) groups is 2. The Hall–Kier alpha value is -2.93. The van der Waals surface area contributed by atoms with Gasteiger partial charge in [-0.3, -0.25) is 10.1 Å². The molecule has 25 heavy (non-hydrogen) atoms. The van der Waals surface area contributed by atoms with Gasteiger partial charge in [-0.25, -0.2) is 9.78 Å². The number of carbonyl (C=O) groups excluding carboxylic acids is 2. The highest BCUT2D eigenvalue weighted by atomic mass is 32.1.